The minimum Gasteiger partial charge on any atom is -0.504 e. The van der Waals surface area contributed by atoms with Crippen molar-refractivity contribution in [1.29, 1.82) is 0 Å². The van der Waals surface area contributed by atoms with E-state index in [1.807, 2.05) is 0 Å². The van der Waals surface area contributed by atoms with E-state index in [2.05, 4.69) is 20.5 Å². The maximum atomic E-state index is 12.1. The highest BCUT2D eigenvalue weighted by molar-refractivity contribution is 5.88. The van der Waals surface area contributed by atoms with Crippen LogP contribution in [0.5, 0.6) is 11.5 Å². The number of aryl methyl sites for hydroxylation is 1. The third kappa shape index (κ3) is 4.58. The van der Waals surface area contributed by atoms with Crippen LogP contribution in [0, 0.1) is 10.1 Å². The lowest BCUT2D eigenvalue weighted by atomic mass is 10.1. The van der Waals surface area contributed by atoms with Gasteiger partial charge in [-0.25, -0.2) is 10.4 Å². The number of nitrogens with zero attached hydrogens (tertiary/aromatic N) is 3. The van der Waals surface area contributed by atoms with Crippen molar-refractivity contribution in [3.63, 3.8) is 0 Å². The molecule has 11 heteroatoms. The number of para-hydroxylation sites is 2. The molecule has 0 spiro atoms. The van der Waals surface area contributed by atoms with Gasteiger partial charge in [-0.2, -0.15) is 5.10 Å². The Morgan fingerprint density at radius 2 is 2.17 bits per heavy atom. The third-order valence-electron chi connectivity index (χ3n) is 4.18. The third-order valence-corrected chi connectivity index (χ3v) is 4.18. The van der Waals surface area contributed by atoms with Crippen molar-refractivity contribution in [2.75, 3.05) is 7.11 Å². The molecule has 30 heavy (non-hydrogen) atoms. The predicted molar refractivity (Wildman–Crippen MR) is 108 cm³/mol. The van der Waals surface area contributed by atoms with Gasteiger partial charge >= 0.3 is 0 Å². The van der Waals surface area contributed by atoms with Crippen molar-refractivity contribution in [2.45, 2.75) is 12.8 Å². The molecule has 1 amide bonds. The lowest BCUT2D eigenvalue weighted by Crippen LogP contribution is -2.21. The number of carbonyl (C=O) groups is 1. The van der Waals surface area contributed by atoms with Gasteiger partial charge in [0.25, 0.3) is 11.2 Å². The number of amides is 1. The van der Waals surface area contributed by atoms with E-state index < -0.39 is 10.8 Å². The summed E-state index contributed by atoms with van der Waals surface area (Å²) < 4.78 is 4.84. The number of aromatic amines is 1. The van der Waals surface area contributed by atoms with E-state index in [9.17, 15) is 24.8 Å². The Labute approximate surface area is 169 Å². The first kappa shape index (κ1) is 20.5. The average molecular weight is 411 g/mol. The van der Waals surface area contributed by atoms with Crippen LogP contribution < -0.4 is 15.7 Å². The van der Waals surface area contributed by atoms with E-state index in [0.717, 1.165) is 18.3 Å². The molecule has 1 heterocycles. The molecule has 0 saturated carbocycles. The number of nitrogens with one attached hydrogen (secondary N) is 2. The summed E-state index contributed by atoms with van der Waals surface area (Å²) in [4.78, 5) is 41.5. The SMILES string of the molecule is COc1cc([N+](=O)[O-])c(/C=N/NC(=O)CCc2nc3ccccc3[nH]c2=O)cc1O. The molecule has 3 N–H and O–H groups in total. The van der Waals surface area contributed by atoms with Crippen molar-refractivity contribution < 1.29 is 19.6 Å². The van der Waals surface area contributed by atoms with Crippen molar-refractivity contribution in [2.24, 2.45) is 5.10 Å². The summed E-state index contributed by atoms with van der Waals surface area (Å²) in [6, 6.07) is 9.19. The highest BCUT2D eigenvalue weighted by Gasteiger charge is 2.17. The fourth-order valence-corrected chi connectivity index (χ4v) is 2.70. The second kappa shape index (κ2) is 8.82. The first-order chi connectivity index (χ1) is 14.4. The molecule has 3 aromatic rings. The van der Waals surface area contributed by atoms with Crippen LogP contribution in [-0.2, 0) is 11.2 Å². The molecular weight excluding hydrogens is 394 g/mol. The van der Waals surface area contributed by atoms with Crippen LogP contribution in [0.15, 0.2) is 46.3 Å². The van der Waals surface area contributed by atoms with Crippen molar-refractivity contribution >= 4 is 28.8 Å². The molecular formula is C19H17N5O6. The monoisotopic (exact) mass is 411 g/mol. The molecule has 2 aromatic carbocycles. The maximum absolute atomic E-state index is 12.1. The van der Waals surface area contributed by atoms with Gasteiger partial charge in [-0.15, -0.1) is 0 Å². The topological polar surface area (TPSA) is 160 Å². The fourth-order valence-electron chi connectivity index (χ4n) is 2.70. The lowest BCUT2D eigenvalue weighted by Gasteiger charge is -2.05. The highest BCUT2D eigenvalue weighted by Crippen LogP contribution is 2.32. The van der Waals surface area contributed by atoms with E-state index in [1.165, 1.54) is 7.11 Å². The Morgan fingerprint density at radius 3 is 2.90 bits per heavy atom. The number of benzene rings is 2. The van der Waals surface area contributed by atoms with Gasteiger partial charge in [0.15, 0.2) is 11.5 Å². The van der Waals surface area contributed by atoms with Crippen molar-refractivity contribution in [3.8, 4) is 11.5 Å². The zero-order valence-electron chi connectivity index (χ0n) is 15.8. The number of H-pyrrole nitrogens is 1. The van der Waals surface area contributed by atoms with Gasteiger partial charge in [-0.1, -0.05) is 12.1 Å². The van der Waals surface area contributed by atoms with Crippen LogP contribution in [0.3, 0.4) is 0 Å². The number of fused-ring (bicyclic) bond motifs is 1. The first-order valence-corrected chi connectivity index (χ1v) is 8.74. The molecule has 0 aliphatic carbocycles. The summed E-state index contributed by atoms with van der Waals surface area (Å²) in [7, 11) is 1.27. The van der Waals surface area contributed by atoms with Crippen molar-refractivity contribution in [1.82, 2.24) is 15.4 Å². The molecule has 0 radical (unpaired) electrons. The van der Waals surface area contributed by atoms with E-state index in [0.29, 0.717) is 11.0 Å². The van der Waals surface area contributed by atoms with Gasteiger partial charge in [0.2, 0.25) is 5.91 Å². The van der Waals surface area contributed by atoms with Gasteiger partial charge in [0.1, 0.15) is 5.69 Å². The van der Waals surface area contributed by atoms with E-state index >= 15 is 0 Å². The number of hydrogen-bond donors (Lipinski definition) is 3. The van der Waals surface area contributed by atoms with Gasteiger partial charge < -0.3 is 14.8 Å². The molecule has 0 unspecified atom stereocenters. The molecule has 11 nitrogen and oxygen atoms in total. The minimum atomic E-state index is -0.664. The van der Waals surface area contributed by atoms with Crippen LogP contribution in [0.1, 0.15) is 17.7 Å². The molecule has 0 bridgehead atoms. The predicted octanol–water partition coefficient (Wildman–Crippen LogP) is 1.63. The van der Waals surface area contributed by atoms with Gasteiger partial charge in [0.05, 0.1) is 40.9 Å². The Kier molecular flexibility index (Phi) is 6.01. The highest BCUT2D eigenvalue weighted by atomic mass is 16.6. The van der Waals surface area contributed by atoms with Crippen molar-refractivity contribution in [3.05, 3.63) is 68.1 Å². The molecule has 0 fully saturated rings. The summed E-state index contributed by atoms with van der Waals surface area (Å²) >= 11 is 0. The number of aromatic nitrogens is 2. The Bertz CT molecular complexity index is 1200. The Morgan fingerprint density at radius 1 is 1.40 bits per heavy atom. The zero-order valence-corrected chi connectivity index (χ0v) is 15.8. The van der Waals surface area contributed by atoms with Crippen LogP contribution in [0.25, 0.3) is 11.0 Å². The van der Waals surface area contributed by atoms with E-state index in [-0.39, 0.29) is 46.8 Å². The number of rotatable bonds is 7. The number of aromatic hydroxyl groups is 1. The molecule has 0 atom stereocenters. The summed E-state index contributed by atoms with van der Waals surface area (Å²) in [6.07, 6.45) is 1.06. The molecule has 0 aliphatic heterocycles. The quantitative estimate of drug-likeness (QED) is 0.302. The number of hydrazone groups is 1. The van der Waals surface area contributed by atoms with Gasteiger partial charge in [-0.3, -0.25) is 19.7 Å². The number of phenols is 1. The van der Waals surface area contributed by atoms with Crippen LogP contribution in [-0.4, -0.2) is 39.2 Å². The second-order valence-corrected chi connectivity index (χ2v) is 6.16. The smallest absolute Gasteiger partial charge is 0.282 e. The van der Waals surface area contributed by atoms with Crippen LogP contribution in [0.4, 0.5) is 5.69 Å². The van der Waals surface area contributed by atoms with E-state index in [4.69, 9.17) is 4.74 Å². The number of nitro groups is 1. The standard InChI is InChI=1S/C19H17N5O6/c1-30-17-9-15(24(28)29)11(8-16(17)25)10-20-23-18(26)7-6-14-19(27)22-13-5-3-2-4-12(13)21-14/h2-5,8-10,25H,6-7H2,1H3,(H,22,27)(H,23,26)/b20-10+. The minimum absolute atomic E-state index is 0.0220. The number of carbonyl (C=O) groups excluding carboxylic acids is 1. The molecule has 1 aromatic heterocycles. The fraction of sp³-hybridized carbons (Fsp3) is 0.158. The number of ether oxygens (including phenoxy) is 1. The number of phenolic OH excluding ortho intramolecular Hbond substituents is 1. The van der Waals surface area contributed by atoms with Gasteiger partial charge in [-0.05, 0) is 18.2 Å². The molecule has 154 valence electrons. The van der Waals surface area contributed by atoms with Gasteiger partial charge in [0, 0.05) is 12.8 Å². The van der Waals surface area contributed by atoms with Crippen LogP contribution >= 0.6 is 0 Å². The maximum Gasteiger partial charge on any atom is 0.282 e. The summed E-state index contributed by atoms with van der Waals surface area (Å²) in [5, 5.41) is 24.6. The Balaban J connectivity index is 1.66. The van der Waals surface area contributed by atoms with Crippen LogP contribution in [0.2, 0.25) is 0 Å². The average Bonchev–Trinajstić information content (AvgIpc) is 2.72. The Hall–Kier alpha value is -4.28. The molecule has 3 rings (SSSR count). The lowest BCUT2D eigenvalue weighted by molar-refractivity contribution is -0.385. The summed E-state index contributed by atoms with van der Waals surface area (Å²) in [6.45, 7) is 0. The second-order valence-electron chi connectivity index (χ2n) is 6.16. The first-order valence-electron chi connectivity index (χ1n) is 8.74. The number of methoxy groups -OCH3 is 1. The summed E-state index contributed by atoms with van der Waals surface area (Å²) in [5.41, 5.74) is 2.89. The zero-order chi connectivity index (χ0) is 21.7. The van der Waals surface area contributed by atoms with E-state index in [1.54, 1.807) is 24.3 Å². The normalized spacial score (nSPS) is 11.0. The molecule has 0 aliphatic rings. The summed E-state index contributed by atoms with van der Waals surface area (Å²) in [5.74, 6) is -0.880. The number of hydrogen-bond acceptors (Lipinski definition) is 8. The molecule has 0 saturated heterocycles. The number of nitro benzene ring substituents is 1. The largest absolute Gasteiger partial charge is 0.504 e.